The number of nitriles is 1. The van der Waals surface area contributed by atoms with Gasteiger partial charge in [-0.15, -0.1) is 0 Å². The molecule has 4 heterocycles. The molecule has 0 radical (unpaired) electrons. The van der Waals surface area contributed by atoms with E-state index >= 15 is 0 Å². The number of nitrogens with one attached hydrogen (secondary N) is 2. The van der Waals surface area contributed by atoms with Crippen LogP contribution in [0.2, 0.25) is 0 Å². The summed E-state index contributed by atoms with van der Waals surface area (Å²) < 4.78 is 13.9. The normalized spacial score (nSPS) is 15.3. The molecule has 0 spiro atoms. The highest BCUT2D eigenvalue weighted by molar-refractivity contribution is 5.94. The molecule has 30 heavy (non-hydrogen) atoms. The zero-order valence-electron chi connectivity index (χ0n) is 16.2. The smallest absolute Gasteiger partial charge is 0.236 e. The number of benzene rings is 1. The van der Waals surface area contributed by atoms with E-state index in [4.69, 9.17) is 10.2 Å². The molecule has 150 valence electrons. The molecule has 7 nitrogen and oxygen atoms in total. The second-order valence-electron chi connectivity index (χ2n) is 7.55. The first-order chi connectivity index (χ1) is 14.6. The summed E-state index contributed by atoms with van der Waals surface area (Å²) in [5.41, 5.74) is 3.95. The zero-order chi connectivity index (χ0) is 20.7. The van der Waals surface area contributed by atoms with Crippen LogP contribution in [0, 0.1) is 17.1 Å². The van der Waals surface area contributed by atoms with E-state index in [1.54, 1.807) is 17.2 Å². The van der Waals surface area contributed by atoms with Gasteiger partial charge >= 0.3 is 0 Å². The van der Waals surface area contributed by atoms with Gasteiger partial charge in [0.25, 0.3) is 0 Å². The molecule has 0 unspecified atom stereocenters. The molecule has 0 atom stereocenters. The van der Waals surface area contributed by atoms with Gasteiger partial charge in [-0.2, -0.15) is 5.26 Å². The minimum Gasteiger partial charge on any atom is -0.342 e. The number of piperidine rings is 1. The number of aromatic nitrogens is 3. The molecule has 1 amide bonds. The first kappa shape index (κ1) is 18.3. The number of anilines is 2. The average Bonchev–Trinajstić information content (AvgIpc) is 3.15. The van der Waals surface area contributed by atoms with E-state index in [1.165, 1.54) is 12.1 Å². The van der Waals surface area contributed by atoms with Gasteiger partial charge in [0, 0.05) is 36.3 Å². The minimum atomic E-state index is -0.323. The largest absolute Gasteiger partial charge is 0.342 e. The molecular formula is C22H19FN6O. The topological polar surface area (TPSA) is 97.7 Å². The van der Waals surface area contributed by atoms with E-state index in [2.05, 4.69) is 15.3 Å². The molecule has 2 aromatic heterocycles. The summed E-state index contributed by atoms with van der Waals surface area (Å²) in [6.07, 6.45) is 3.16. The summed E-state index contributed by atoms with van der Waals surface area (Å²) in [5.74, 6) is 1.24. The molecule has 1 saturated heterocycles. The fourth-order valence-corrected chi connectivity index (χ4v) is 4.22. The van der Waals surface area contributed by atoms with Gasteiger partial charge in [-0.05, 0) is 43.2 Å². The van der Waals surface area contributed by atoms with E-state index in [9.17, 15) is 9.18 Å². The van der Waals surface area contributed by atoms with E-state index in [0.29, 0.717) is 24.6 Å². The molecule has 8 heteroatoms. The Morgan fingerprint density at radius 2 is 2.10 bits per heavy atom. The SMILES string of the molecule is N#CCC(=O)N1CCC(c2nc3c([nH]2)-c2ccc(F)cc2Nc2ncccc2-3)CC1. The van der Waals surface area contributed by atoms with Crippen LogP contribution in [0.1, 0.15) is 31.0 Å². The van der Waals surface area contributed by atoms with Gasteiger partial charge in [-0.3, -0.25) is 4.79 Å². The van der Waals surface area contributed by atoms with E-state index in [-0.39, 0.29) is 24.1 Å². The van der Waals surface area contributed by atoms with Crippen molar-refractivity contribution in [2.75, 3.05) is 18.4 Å². The number of carbonyl (C=O) groups is 1. The number of likely N-dealkylation sites (tertiary alicyclic amines) is 1. The van der Waals surface area contributed by atoms with Crippen LogP contribution < -0.4 is 5.32 Å². The predicted molar refractivity (Wildman–Crippen MR) is 109 cm³/mol. The van der Waals surface area contributed by atoms with Crippen molar-refractivity contribution in [1.29, 1.82) is 5.26 Å². The predicted octanol–water partition coefficient (Wildman–Crippen LogP) is 3.95. The third kappa shape index (κ3) is 3.08. The molecule has 5 rings (SSSR count). The lowest BCUT2D eigenvalue weighted by atomic mass is 9.96. The van der Waals surface area contributed by atoms with Crippen molar-refractivity contribution in [3.8, 4) is 28.6 Å². The standard InChI is InChI=1S/C22H19FN6O/c23-14-3-4-15-17(12-14)26-22-16(2-1-9-25-22)20-19(15)27-21(28-20)13-6-10-29(11-7-13)18(30)5-8-24/h1-4,9,12-13H,5-7,10-11H2,(H,25,26)(H,27,28). The van der Waals surface area contributed by atoms with Crippen molar-refractivity contribution < 1.29 is 9.18 Å². The van der Waals surface area contributed by atoms with Gasteiger partial charge in [0.05, 0.1) is 17.5 Å². The minimum absolute atomic E-state index is 0.0795. The van der Waals surface area contributed by atoms with Crippen molar-refractivity contribution in [2.24, 2.45) is 0 Å². The molecule has 0 aliphatic carbocycles. The first-order valence-corrected chi connectivity index (χ1v) is 9.91. The van der Waals surface area contributed by atoms with Crippen molar-refractivity contribution in [3.05, 3.63) is 48.2 Å². The van der Waals surface area contributed by atoms with Gasteiger partial charge in [0.1, 0.15) is 29.6 Å². The Morgan fingerprint density at radius 3 is 2.90 bits per heavy atom. The lowest BCUT2D eigenvalue weighted by Crippen LogP contribution is -2.37. The summed E-state index contributed by atoms with van der Waals surface area (Å²) in [7, 11) is 0. The van der Waals surface area contributed by atoms with Crippen molar-refractivity contribution >= 4 is 17.4 Å². The third-order valence-electron chi connectivity index (χ3n) is 5.75. The number of imidazole rings is 1. The van der Waals surface area contributed by atoms with Crippen LogP contribution in [0.3, 0.4) is 0 Å². The first-order valence-electron chi connectivity index (χ1n) is 9.91. The molecule has 0 bridgehead atoms. The number of halogens is 1. The molecule has 2 aliphatic rings. The molecule has 0 saturated carbocycles. The summed E-state index contributed by atoms with van der Waals surface area (Å²) in [4.78, 5) is 26.5. The van der Waals surface area contributed by atoms with Crippen LogP contribution in [0.15, 0.2) is 36.5 Å². The van der Waals surface area contributed by atoms with Crippen LogP contribution in [-0.4, -0.2) is 38.8 Å². The number of hydrogen-bond acceptors (Lipinski definition) is 5. The second kappa shape index (κ2) is 7.26. The second-order valence-corrected chi connectivity index (χ2v) is 7.55. The van der Waals surface area contributed by atoms with E-state index < -0.39 is 0 Å². The van der Waals surface area contributed by atoms with Crippen molar-refractivity contribution in [3.63, 3.8) is 0 Å². The Kier molecular flexibility index (Phi) is 4.43. The summed E-state index contributed by atoms with van der Waals surface area (Å²) >= 11 is 0. The fraction of sp³-hybridized carbons (Fsp3) is 0.273. The monoisotopic (exact) mass is 402 g/mol. The highest BCUT2D eigenvalue weighted by Crippen LogP contribution is 2.43. The van der Waals surface area contributed by atoms with Crippen LogP contribution in [0.25, 0.3) is 22.5 Å². The van der Waals surface area contributed by atoms with Gasteiger partial charge < -0.3 is 15.2 Å². The highest BCUT2D eigenvalue weighted by atomic mass is 19.1. The summed E-state index contributed by atoms with van der Waals surface area (Å²) in [6, 6.07) is 10.4. The number of nitrogens with zero attached hydrogens (tertiary/aromatic N) is 4. The third-order valence-corrected chi connectivity index (χ3v) is 5.75. The Balaban J connectivity index is 1.51. The van der Waals surface area contributed by atoms with Crippen molar-refractivity contribution in [1.82, 2.24) is 19.9 Å². The van der Waals surface area contributed by atoms with Crippen LogP contribution >= 0.6 is 0 Å². The summed E-state index contributed by atoms with van der Waals surface area (Å²) in [5, 5.41) is 12.0. The molecule has 1 aromatic carbocycles. The zero-order valence-corrected chi connectivity index (χ0v) is 16.2. The maximum absolute atomic E-state index is 13.9. The molecule has 3 aromatic rings. The number of hydrogen-bond donors (Lipinski definition) is 2. The lowest BCUT2D eigenvalue weighted by Gasteiger charge is -2.30. The number of fused-ring (bicyclic) bond motifs is 5. The fourth-order valence-electron chi connectivity index (χ4n) is 4.22. The highest BCUT2D eigenvalue weighted by Gasteiger charge is 2.29. The number of amides is 1. The Labute approximate surface area is 172 Å². The molecule has 2 N–H and O–H groups in total. The van der Waals surface area contributed by atoms with Gasteiger partial charge in [-0.25, -0.2) is 14.4 Å². The Bertz CT molecular complexity index is 1170. The lowest BCUT2D eigenvalue weighted by molar-refractivity contribution is -0.131. The Morgan fingerprint density at radius 1 is 1.27 bits per heavy atom. The maximum Gasteiger partial charge on any atom is 0.236 e. The number of pyridine rings is 1. The van der Waals surface area contributed by atoms with Gasteiger partial charge in [0.15, 0.2) is 0 Å². The number of aromatic amines is 1. The quantitative estimate of drug-likeness (QED) is 0.529. The Hall–Kier alpha value is -3.73. The van der Waals surface area contributed by atoms with Gasteiger partial charge in [-0.1, -0.05) is 0 Å². The summed E-state index contributed by atoms with van der Waals surface area (Å²) in [6.45, 7) is 1.22. The average molecular weight is 402 g/mol. The molecular weight excluding hydrogens is 383 g/mol. The number of H-pyrrole nitrogens is 1. The number of carbonyl (C=O) groups excluding carboxylic acids is 1. The van der Waals surface area contributed by atoms with Crippen LogP contribution in [0.4, 0.5) is 15.9 Å². The van der Waals surface area contributed by atoms with E-state index in [0.717, 1.165) is 41.2 Å². The molecule has 2 aliphatic heterocycles. The number of rotatable bonds is 2. The van der Waals surface area contributed by atoms with Crippen LogP contribution in [-0.2, 0) is 4.79 Å². The van der Waals surface area contributed by atoms with Gasteiger partial charge in [0.2, 0.25) is 5.91 Å². The molecule has 1 fully saturated rings. The van der Waals surface area contributed by atoms with Crippen LogP contribution in [0.5, 0.6) is 0 Å². The van der Waals surface area contributed by atoms with E-state index in [1.807, 2.05) is 18.2 Å². The maximum atomic E-state index is 13.9. The van der Waals surface area contributed by atoms with Crippen molar-refractivity contribution in [2.45, 2.75) is 25.2 Å².